The molecule has 0 unspecified atom stereocenters. The van der Waals surface area contributed by atoms with E-state index in [1.807, 2.05) is 35.4 Å². The van der Waals surface area contributed by atoms with Crippen LogP contribution in [-0.2, 0) is 0 Å². The number of benzene rings is 2. The van der Waals surface area contributed by atoms with Gasteiger partial charge in [-0.3, -0.25) is 9.69 Å². The van der Waals surface area contributed by atoms with Crippen LogP contribution in [0.4, 0.5) is 5.13 Å². The van der Waals surface area contributed by atoms with Crippen LogP contribution in [0.1, 0.15) is 35.3 Å². The number of aryl methyl sites for hydroxylation is 2. The lowest BCUT2D eigenvalue weighted by Crippen LogP contribution is -2.39. The molecule has 0 radical (unpaired) electrons. The molecular weight excluding hydrogens is 434 g/mol. The molecule has 0 aliphatic rings. The fourth-order valence-electron chi connectivity index (χ4n) is 3.51. The molecule has 4 nitrogen and oxygen atoms in total. The highest BCUT2D eigenvalue weighted by atomic mass is 35.5. The second-order valence-electron chi connectivity index (χ2n) is 7.11. The number of amides is 1. The van der Waals surface area contributed by atoms with Gasteiger partial charge in [-0.05, 0) is 62.5 Å². The lowest BCUT2D eigenvalue weighted by atomic mass is 10.1. The van der Waals surface area contributed by atoms with E-state index in [4.69, 9.17) is 4.98 Å². The molecule has 0 saturated heterocycles. The van der Waals surface area contributed by atoms with Gasteiger partial charge >= 0.3 is 0 Å². The second kappa shape index (κ2) is 11.1. The van der Waals surface area contributed by atoms with Gasteiger partial charge in [-0.2, -0.15) is 0 Å². The minimum atomic E-state index is 0. The van der Waals surface area contributed by atoms with Crippen LogP contribution in [0.2, 0.25) is 0 Å². The van der Waals surface area contributed by atoms with Crippen LogP contribution in [0.5, 0.6) is 0 Å². The van der Waals surface area contributed by atoms with E-state index in [2.05, 4.69) is 44.7 Å². The first-order valence-corrected chi connectivity index (χ1v) is 12.1. The normalized spacial score (nSPS) is 11.0. The van der Waals surface area contributed by atoms with Gasteiger partial charge in [-0.15, -0.1) is 24.2 Å². The van der Waals surface area contributed by atoms with E-state index < -0.39 is 0 Å². The average Bonchev–Trinajstić information content (AvgIpc) is 3.14. The zero-order valence-corrected chi connectivity index (χ0v) is 20.7. The number of thioether (sulfide) groups is 1. The third kappa shape index (κ3) is 5.35. The van der Waals surface area contributed by atoms with Gasteiger partial charge in [0.25, 0.3) is 5.91 Å². The standard InChI is InChI=1S/C23H29N3OS2.ClH/c1-6-25(7-2)12-13-26(22(27)18-10-8-9-11-19(18)28-5)23-24-21-17(4)14-16(3)15-20(21)29-23;/h8-11,14-15H,6-7,12-13H2,1-5H3;1H. The van der Waals surface area contributed by atoms with E-state index in [0.717, 1.165) is 51.0 Å². The van der Waals surface area contributed by atoms with Gasteiger partial charge in [-0.25, -0.2) is 4.98 Å². The van der Waals surface area contributed by atoms with Gasteiger partial charge in [0.05, 0.1) is 15.8 Å². The van der Waals surface area contributed by atoms with E-state index in [-0.39, 0.29) is 18.3 Å². The quantitative estimate of drug-likeness (QED) is 0.381. The van der Waals surface area contributed by atoms with Crippen LogP contribution in [0.15, 0.2) is 41.3 Å². The molecule has 1 amide bonds. The Bertz CT molecular complexity index is 1000. The highest BCUT2D eigenvalue weighted by Gasteiger charge is 2.24. The van der Waals surface area contributed by atoms with Gasteiger partial charge < -0.3 is 4.90 Å². The van der Waals surface area contributed by atoms with Gasteiger partial charge in [0.1, 0.15) is 0 Å². The summed E-state index contributed by atoms with van der Waals surface area (Å²) >= 11 is 3.21. The van der Waals surface area contributed by atoms with Gasteiger partial charge in [0.2, 0.25) is 0 Å². The van der Waals surface area contributed by atoms with Crippen molar-refractivity contribution in [2.24, 2.45) is 0 Å². The molecule has 7 heteroatoms. The molecule has 0 bridgehead atoms. The number of aromatic nitrogens is 1. The molecule has 0 aliphatic carbocycles. The number of carbonyl (C=O) groups is 1. The van der Waals surface area contributed by atoms with Crippen molar-refractivity contribution >= 4 is 56.8 Å². The summed E-state index contributed by atoms with van der Waals surface area (Å²) < 4.78 is 1.14. The molecule has 0 spiro atoms. The summed E-state index contributed by atoms with van der Waals surface area (Å²) in [5.74, 6) is 0.0236. The van der Waals surface area contributed by atoms with Crippen molar-refractivity contribution in [3.8, 4) is 0 Å². The smallest absolute Gasteiger partial charge is 0.261 e. The second-order valence-corrected chi connectivity index (χ2v) is 8.97. The van der Waals surface area contributed by atoms with Gasteiger partial charge in [-0.1, -0.05) is 43.4 Å². The van der Waals surface area contributed by atoms with Crippen molar-refractivity contribution in [2.75, 3.05) is 37.3 Å². The molecule has 0 N–H and O–H groups in total. The van der Waals surface area contributed by atoms with Gasteiger partial charge in [0, 0.05) is 18.0 Å². The Hall–Kier alpha value is -1.60. The van der Waals surface area contributed by atoms with E-state index >= 15 is 0 Å². The number of halogens is 1. The Kier molecular flexibility index (Phi) is 9.16. The summed E-state index contributed by atoms with van der Waals surface area (Å²) in [6.07, 6.45) is 2.01. The number of hydrogen-bond acceptors (Lipinski definition) is 5. The lowest BCUT2D eigenvalue weighted by molar-refractivity contribution is 0.0981. The van der Waals surface area contributed by atoms with Crippen molar-refractivity contribution in [1.29, 1.82) is 0 Å². The Morgan fingerprint density at radius 3 is 2.47 bits per heavy atom. The van der Waals surface area contributed by atoms with E-state index in [9.17, 15) is 4.79 Å². The number of thiazole rings is 1. The number of nitrogens with zero attached hydrogens (tertiary/aromatic N) is 3. The van der Waals surface area contributed by atoms with Crippen molar-refractivity contribution in [3.63, 3.8) is 0 Å². The number of fused-ring (bicyclic) bond motifs is 1. The third-order valence-corrected chi connectivity index (χ3v) is 6.99. The number of anilines is 1. The molecular formula is C23H30ClN3OS2. The minimum absolute atomic E-state index is 0. The number of rotatable bonds is 8. The maximum absolute atomic E-state index is 13.6. The summed E-state index contributed by atoms with van der Waals surface area (Å²) in [4.78, 5) is 23.7. The SMILES string of the molecule is CCN(CC)CCN(C(=O)c1ccccc1SC)c1nc2c(C)cc(C)cc2s1.Cl. The average molecular weight is 464 g/mol. The van der Waals surface area contributed by atoms with Crippen LogP contribution in [0.3, 0.4) is 0 Å². The molecule has 0 saturated carbocycles. The molecule has 0 fully saturated rings. The monoisotopic (exact) mass is 463 g/mol. The van der Waals surface area contributed by atoms with Crippen LogP contribution < -0.4 is 4.90 Å². The Balaban J connectivity index is 0.00000320. The van der Waals surface area contributed by atoms with Crippen molar-refractivity contribution < 1.29 is 4.79 Å². The predicted molar refractivity (Wildman–Crippen MR) is 134 cm³/mol. The Morgan fingerprint density at radius 1 is 1.10 bits per heavy atom. The van der Waals surface area contributed by atoms with Crippen molar-refractivity contribution in [1.82, 2.24) is 9.88 Å². The third-order valence-electron chi connectivity index (χ3n) is 5.17. The first kappa shape index (κ1) is 24.7. The fraction of sp³-hybridized carbons (Fsp3) is 0.391. The largest absolute Gasteiger partial charge is 0.302 e. The van der Waals surface area contributed by atoms with Crippen LogP contribution in [-0.4, -0.2) is 48.2 Å². The van der Waals surface area contributed by atoms with Gasteiger partial charge in [0.15, 0.2) is 5.13 Å². The highest BCUT2D eigenvalue weighted by Crippen LogP contribution is 2.33. The molecule has 1 aromatic heterocycles. The summed E-state index contributed by atoms with van der Waals surface area (Å²) in [6.45, 7) is 11.9. The van der Waals surface area contributed by atoms with Crippen LogP contribution in [0, 0.1) is 13.8 Å². The zero-order chi connectivity index (χ0) is 21.0. The molecule has 3 rings (SSSR count). The zero-order valence-electron chi connectivity index (χ0n) is 18.3. The van der Waals surface area contributed by atoms with E-state index in [1.54, 1.807) is 23.1 Å². The Labute approximate surface area is 194 Å². The Morgan fingerprint density at radius 2 is 1.80 bits per heavy atom. The maximum atomic E-state index is 13.6. The summed E-state index contributed by atoms with van der Waals surface area (Å²) in [6, 6.07) is 12.1. The number of carbonyl (C=O) groups excluding carboxylic acids is 1. The molecule has 2 aromatic carbocycles. The topological polar surface area (TPSA) is 36.4 Å². The molecule has 162 valence electrons. The first-order chi connectivity index (χ1) is 14.0. The number of hydrogen-bond donors (Lipinski definition) is 0. The minimum Gasteiger partial charge on any atom is -0.302 e. The van der Waals surface area contributed by atoms with E-state index in [0.29, 0.717) is 6.54 Å². The first-order valence-electron chi connectivity index (χ1n) is 10.0. The number of likely N-dealkylation sites (N-methyl/N-ethyl adjacent to an activating group) is 1. The summed E-state index contributed by atoms with van der Waals surface area (Å²) in [5, 5.41) is 0.779. The molecule has 1 heterocycles. The summed E-state index contributed by atoms with van der Waals surface area (Å²) in [7, 11) is 0. The molecule has 0 aliphatic heterocycles. The summed E-state index contributed by atoms with van der Waals surface area (Å²) in [5.41, 5.74) is 4.11. The molecule has 3 aromatic rings. The van der Waals surface area contributed by atoms with Crippen molar-refractivity contribution in [3.05, 3.63) is 53.1 Å². The lowest BCUT2D eigenvalue weighted by Gasteiger charge is -2.25. The molecule has 0 atom stereocenters. The van der Waals surface area contributed by atoms with E-state index in [1.165, 1.54) is 5.56 Å². The van der Waals surface area contributed by atoms with Crippen LogP contribution >= 0.6 is 35.5 Å². The highest BCUT2D eigenvalue weighted by molar-refractivity contribution is 7.98. The van der Waals surface area contributed by atoms with Crippen molar-refractivity contribution in [2.45, 2.75) is 32.6 Å². The maximum Gasteiger partial charge on any atom is 0.261 e. The van der Waals surface area contributed by atoms with Crippen LogP contribution in [0.25, 0.3) is 10.2 Å². The molecule has 30 heavy (non-hydrogen) atoms. The predicted octanol–water partition coefficient (Wildman–Crippen LogP) is 6.05. The fourth-order valence-corrected chi connectivity index (χ4v) is 5.26.